The Balaban J connectivity index is 1.75. The maximum atomic E-state index is 12.8. The minimum absolute atomic E-state index is 0.0858. The first-order valence-corrected chi connectivity index (χ1v) is 8.26. The lowest BCUT2D eigenvalue weighted by Gasteiger charge is -2.33. The number of rotatable bonds is 3. The third kappa shape index (κ3) is 5.83. The Morgan fingerprint density at radius 1 is 1.21 bits per heavy atom. The number of likely N-dealkylation sites (tertiary alicyclic amines) is 1. The van der Waals surface area contributed by atoms with Crippen molar-refractivity contribution in [2.75, 3.05) is 18.4 Å². The molecule has 24 heavy (non-hydrogen) atoms. The summed E-state index contributed by atoms with van der Waals surface area (Å²) in [6, 6.07) is 5.71. The Labute approximate surface area is 142 Å². The van der Waals surface area contributed by atoms with Gasteiger partial charge in [-0.1, -0.05) is 0 Å². The number of halogens is 1. The number of hydrogen-bond donors (Lipinski definition) is 1. The van der Waals surface area contributed by atoms with Crippen LogP contribution in [0.4, 0.5) is 14.9 Å². The van der Waals surface area contributed by atoms with Crippen LogP contribution in [-0.4, -0.2) is 35.6 Å². The normalized spacial score (nSPS) is 15.9. The number of benzene rings is 1. The van der Waals surface area contributed by atoms with Gasteiger partial charge in [-0.15, -0.1) is 0 Å². The second kappa shape index (κ2) is 7.64. The first-order chi connectivity index (χ1) is 11.2. The number of amides is 2. The maximum absolute atomic E-state index is 12.8. The topological polar surface area (TPSA) is 58.6 Å². The van der Waals surface area contributed by atoms with Gasteiger partial charge in [0.2, 0.25) is 5.91 Å². The molecule has 132 valence electrons. The van der Waals surface area contributed by atoms with Crippen LogP contribution in [0.3, 0.4) is 0 Å². The number of nitrogens with one attached hydrogen (secondary N) is 1. The molecular weight excluding hydrogens is 311 g/mol. The molecule has 0 aromatic heterocycles. The van der Waals surface area contributed by atoms with Crippen molar-refractivity contribution >= 4 is 17.7 Å². The van der Waals surface area contributed by atoms with E-state index in [-0.39, 0.29) is 23.7 Å². The number of anilines is 1. The van der Waals surface area contributed by atoms with Gasteiger partial charge in [0.25, 0.3) is 0 Å². The van der Waals surface area contributed by atoms with E-state index < -0.39 is 5.60 Å². The van der Waals surface area contributed by atoms with E-state index in [0.717, 1.165) is 12.8 Å². The van der Waals surface area contributed by atoms with Crippen molar-refractivity contribution in [3.8, 4) is 0 Å². The van der Waals surface area contributed by atoms with Crippen molar-refractivity contribution < 1.29 is 18.7 Å². The van der Waals surface area contributed by atoms with Crippen LogP contribution in [-0.2, 0) is 9.53 Å². The van der Waals surface area contributed by atoms with Gasteiger partial charge in [-0.3, -0.25) is 4.79 Å². The highest BCUT2D eigenvalue weighted by Gasteiger charge is 2.27. The fraction of sp³-hybridized carbons (Fsp3) is 0.556. The summed E-state index contributed by atoms with van der Waals surface area (Å²) in [5, 5.41) is 2.77. The van der Waals surface area contributed by atoms with Crippen molar-refractivity contribution in [2.45, 2.75) is 45.6 Å². The number of ether oxygens (including phenoxy) is 1. The lowest BCUT2D eigenvalue weighted by molar-refractivity contribution is -0.117. The number of carbonyl (C=O) groups excluding carboxylic acids is 2. The zero-order valence-corrected chi connectivity index (χ0v) is 14.5. The predicted molar refractivity (Wildman–Crippen MR) is 90.2 cm³/mol. The molecule has 1 heterocycles. The smallest absolute Gasteiger partial charge is 0.410 e. The van der Waals surface area contributed by atoms with Gasteiger partial charge < -0.3 is 15.0 Å². The standard InChI is InChI=1S/C18H25FN2O3/c1-18(2,3)24-17(23)21-10-8-13(9-11-21)12-16(22)20-15-6-4-14(19)5-7-15/h4-7,13H,8-12H2,1-3H3,(H,20,22). The van der Waals surface area contributed by atoms with Crippen LogP contribution < -0.4 is 5.32 Å². The minimum atomic E-state index is -0.497. The largest absolute Gasteiger partial charge is 0.444 e. The molecule has 1 aliphatic heterocycles. The SMILES string of the molecule is CC(C)(C)OC(=O)N1CCC(CC(=O)Nc2ccc(F)cc2)CC1. The lowest BCUT2D eigenvalue weighted by Crippen LogP contribution is -2.42. The number of carbonyl (C=O) groups is 2. The minimum Gasteiger partial charge on any atom is -0.444 e. The van der Waals surface area contributed by atoms with Crippen LogP contribution in [0.1, 0.15) is 40.0 Å². The number of piperidine rings is 1. The molecule has 1 fully saturated rings. The molecule has 5 nitrogen and oxygen atoms in total. The third-order valence-electron chi connectivity index (χ3n) is 3.87. The summed E-state index contributed by atoms with van der Waals surface area (Å²) in [5.74, 6) is -0.177. The first kappa shape index (κ1) is 18.2. The first-order valence-electron chi connectivity index (χ1n) is 8.26. The summed E-state index contributed by atoms with van der Waals surface area (Å²) in [7, 11) is 0. The monoisotopic (exact) mass is 336 g/mol. The van der Waals surface area contributed by atoms with E-state index in [1.165, 1.54) is 12.1 Å². The number of hydrogen-bond acceptors (Lipinski definition) is 3. The Morgan fingerprint density at radius 3 is 2.33 bits per heavy atom. The second-order valence-corrected chi connectivity index (χ2v) is 7.17. The van der Waals surface area contributed by atoms with Crippen LogP contribution in [0.15, 0.2) is 24.3 Å². The third-order valence-corrected chi connectivity index (χ3v) is 3.87. The molecule has 1 aromatic rings. The van der Waals surface area contributed by atoms with Crippen molar-refractivity contribution in [3.05, 3.63) is 30.1 Å². The molecule has 2 rings (SSSR count). The summed E-state index contributed by atoms with van der Waals surface area (Å²) in [6.45, 7) is 6.74. The van der Waals surface area contributed by atoms with Gasteiger partial charge in [-0.05, 0) is 63.8 Å². The van der Waals surface area contributed by atoms with Gasteiger partial charge in [0.05, 0.1) is 0 Å². The summed E-state index contributed by atoms with van der Waals surface area (Å²) >= 11 is 0. The molecule has 2 amide bonds. The molecule has 0 saturated carbocycles. The molecular formula is C18H25FN2O3. The average Bonchev–Trinajstić information content (AvgIpc) is 2.48. The van der Waals surface area contributed by atoms with Gasteiger partial charge in [-0.2, -0.15) is 0 Å². The van der Waals surface area contributed by atoms with Crippen LogP contribution in [0.5, 0.6) is 0 Å². The molecule has 1 aliphatic rings. The highest BCUT2D eigenvalue weighted by atomic mass is 19.1. The molecule has 1 N–H and O–H groups in total. The molecule has 0 unspecified atom stereocenters. The molecule has 0 aliphatic carbocycles. The van der Waals surface area contributed by atoms with E-state index in [4.69, 9.17) is 4.74 Å². The van der Waals surface area contributed by atoms with E-state index in [9.17, 15) is 14.0 Å². The van der Waals surface area contributed by atoms with Crippen LogP contribution in [0, 0.1) is 11.7 Å². The Morgan fingerprint density at radius 2 is 1.79 bits per heavy atom. The molecule has 6 heteroatoms. The Kier molecular flexibility index (Phi) is 5.80. The Bertz CT molecular complexity index is 573. The summed E-state index contributed by atoms with van der Waals surface area (Å²) in [4.78, 5) is 25.8. The molecule has 1 aromatic carbocycles. The zero-order valence-electron chi connectivity index (χ0n) is 14.5. The van der Waals surface area contributed by atoms with E-state index in [1.54, 1.807) is 17.0 Å². The molecule has 0 bridgehead atoms. The summed E-state index contributed by atoms with van der Waals surface area (Å²) in [6.07, 6.45) is 1.66. The average molecular weight is 336 g/mol. The summed E-state index contributed by atoms with van der Waals surface area (Å²) in [5.41, 5.74) is 0.0933. The van der Waals surface area contributed by atoms with Crippen molar-refractivity contribution in [2.24, 2.45) is 5.92 Å². The molecule has 0 spiro atoms. The van der Waals surface area contributed by atoms with Gasteiger partial charge in [0, 0.05) is 25.2 Å². The molecule has 0 atom stereocenters. The van der Waals surface area contributed by atoms with Crippen molar-refractivity contribution in [1.82, 2.24) is 4.90 Å². The van der Waals surface area contributed by atoms with Crippen LogP contribution >= 0.6 is 0 Å². The van der Waals surface area contributed by atoms with Gasteiger partial charge in [0.15, 0.2) is 0 Å². The maximum Gasteiger partial charge on any atom is 0.410 e. The fourth-order valence-corrected chi connectivity index (χ4v) is 2.65. The van der Waals surface area contributed by atoms with Gasteiger partial charge in [-0.25, -0.2) is 9.18 Å². The van der Waals surface area contributed by atoms with Crippen molar-refractivity contribution in [1.29, 1.82) is 0 Å². The highest BCUT2D eigenvalue weighted by Crippen LogP contribution is 2.23. The van der Waals surface area contributed by atoms with Crippen LogP contribution in [0.25, 0.3) is 0 Å². The van der Waals surface area contributed by atoms with E-state index in [0.29, 0.717) is 25.2 Å². The Hall–Kier alpha value is -2.11. The van der Waals surface area contributed by atoms with Gasteiger partial charge in [0.1, 0.15) is 11.4 Å². The second-order valence-electron chi connectivity index (χ2n) is 7.17. The van der Waals surface area contributed by atoms with Gasteiger partial charge >= 0.3 is 6.09 Å². The van der Waals surface area contributed by atoms with E-state index in [2.05, 4.69) is 5.32 Å². The predicted octanol–water partition coefficient (Wildman–Crippen LogP) is 3.80. The number of nitrogens with zero attached hydrogens (tertiary/aromatic N) is 1. The zero-order chi connectivity index (χ0) is 17.7. The van der Waals surface area contributed by atoms with Crippen molar-refractivity contribution in [3.63, 3.8) is 0 Å². The van der Waals surface area contributed by atoms with E-state index >= 15 is 0 Å². The molecule has 0 radical (unpaired) electrons. The van der Waals surface area contributed by atoms with Crippen LogP contribution in [0.2, 0.25) is 0 Å². The fourth-order valence-electron chi connectivity index (χ4n) is 2.65. The quantitative estimate of drug-likeness (QED) is 0.913. The lowest BCUT2D eigenvalue weighted by atomic mass is 9.93. The van der Waals surface area contributed by atoms with E-state index in [1.807, 2.05) is 20.8 Å². The molecule has 1 saturated heterocycles. The highest BCUT2D eigenvalue weighted by molar-refractivity contribution is 5.90. The summed E-state index contributed by atoms with van der Waals surface area (Å²) < 4.78 is 18.2.